The van der Waals surface area contributed by atoms with Gasteiger partial charge >= 0.3 is 6.03 Å². The maximum atomic E-state index is 12.7. The average Bonchev–Trinajstić information content (AvgIpc) is 3.19. The van der Waals surface area contributed by atoms with E-state index in [1.165, 1.54) is 0 Å². The van der Waals surface area contributed by atoms with E-state index in [-0.39, 0.29) is 12.1 Å². The van der Waals surface area contributed by atoms with Crippen LogP contribution < -0.4 is 5.32 Å². The first-order chi connectivity index (χ1) is 12.7. The van der Waals surface area contributed by atoms with Gasteiger partial charge in [-0.3, -0.25) is 9.58 Å². The molecule has 0 spiro atoms. The number of hydrogen-bond donors (Lipinski definition) is 1. The van der Waals surface area contributed by atoms with Gasteiger partial charge in [0.25, 0.3) is 0 Å². The largest absolute Gasteiger partial charge is 0.336 e. The van der Waals surface area contributed by atoms with Gasteiger partial charge in [0, 0.05) is 52.2 Å². The number of aromatic nitrogens is 5. The molecule has 3 heterocycles. The predicted octanol–water partition coefficient (Wildman–Crippen LogP) is 0.490. The molecule has 1 saturated carbocycles. The van der Waals surface area contributed by atoms with Gasteiger partial charge in [-0.2, -0.15) is 5.10 Å². The number of rotatable bonds is 6. The van der Waals surface area contributed by atoms with Crippen LogP contribution in [0.1, 0.15) is 24.7 Å². The van der Waals surface area contributed by atoms with E-state index in [9.17, 15) is 4.79 Å². The number of nitrogens with one attached hydrogen (secondary N) is 1. The highest BCUT2D eigenvalue weighted by atomic mass is 16.2. The Bertz CT molecular complexity index is 715. The van der Waals surface area contributed by atoms with Crippen LogP contribution in [-0.2, 0) is 13.6 Å². The molecule has 2 aromatic rings. The molecule has 9 nitrogen and oxygen atoms in total. The van der Waals surface area contributed by atoms with E-state index in [1.807, 2.05) is 27.4 Å². The molecule has 4 rings (SSSR count). The first-order valence-electron chi connectivity index (χ1n) is 9.28. The van der Waals surface area contributed by atoms with Crippen molar-refractivity contribution in [1.82, 2.24) is 39.4 Å². The SMILES string of the molecule is Cn1ccnc1[C@@H](NC(=O)N1CCN(CCn2cncn2)CC1)C1CC1. The van der Waals surface area contributed by atoms with E-state index in [2.05, 4.69) is 25.3 Å². The summed E-state index contributed by atoms with van der Waals surface area (Å²) >= 11 is 0. The van der Waals surface area contributed by atoms with Crippen molar-refractivity contribution in [2.45, 2.75) is 25.4 Å². The van der Waals surface area contributed by atoms with E-state index in [0.29, 0.717) is 5.92 Å². The van der Waals surface area contributed by atoms with Crippen LogP contribution in [0, 0.1) is 5.92 Å². The summed E-state index contributed by atoms with van der Waals surface area (Å²) in [6, 6.07) is 0.0497. The molecule has 1 aliphatic carbocycles. The summed E-state index contributed by atoms with van der Waals surface area (Å²) in [4.78, 5) is 25.4. The smallest absolute Gasteiger partial charge is 0.318 e. The van der Waals surface area contributed by atoms with Crippen molar-refractivity contribution in [3.63, 3.8) is 0 Å². The molecule has 9 heteroatoms. The van der Waals surface area contributed by atoms with Crippen molar-refractivity contribution >= 4 is 6.03 Å². The van der Waals surface area contributed by atoms with Gasteiger partial charge in [0.1, 0.15) is 18.5 Å². The Morgan fingerprint density at radius 1 is 1.27 bits per heavy atom. The zero-order valence-electron chi connectivity index (χ0n) is 15.2. The fourth-order valence-electron chi connectivity index (χ4n) is 3.49. The number of aryl methyl sites for hydroxylation is 1. The lowest BCUT2D eigenvalue weighted by atomic mass is 10.1. The number of hydrogen-bond acceptors (Lipinski definition) is 5. The van der Waals surface area contributed by atoms with Crippen molar-refractivity contribution in [2.24, 2.45) is 13.0 Å². The highest BCUT2D eigenvalue weighted by Gasteiger charge is 2.36. The lowest BCUT2D eigenvalue weighted by Crippen LogP contribution is -2.53. The van der Waals surface area contributed by atoms with Crippen molar-refractivity contribution in [3.05, 3.63) is 30.9 Å². The Morgan fingerprint density at radius 2 is 2.08 bits per heavy atom. The normalized spacial score (nSPS) is 19.5. The Kier molecular flexibility index (Phi) is 4.87. The lowest BCUT2D eigenvalue weighted by molar-refractivity contribution is 0.133. The minimum absolute atomic E-state index is 0.0212. The highest BCUT2D eigenvalue weighted by Crippen LogP contribution is 2.40. The molecule has 2 aliphatic rings. The fraction of sp³-hybridized carbons (Fsp3) is 0.647. The molecular weight excluding hydrogens is 332 g/mol. The third-order valence-corrected chi connectivity index (χ3v) is 5.28. The third kappa shape index (κ3) is 3.87. The van der Waals surface area contributed by atoms with E-state index in [1.54, 1.807) is 18.9 Å². The minimum atomic E-state index is 0.0212. The number of imidazole rings is 1. The van der Waals surface area contributed by atoms with E-state index >= 15 is 0 Å². The lowest BCUT2D eigenvalue weighted by Gasteiger charge is -2.35. The van der Waals surface area contributed by atoms with Crippen LogP contribution in [0.5, 0.6) is 0 Å². The molecule has 0 aromatic carbocycles. The van der Waals surface area contributed by atoms with Crippen molar-refractivity contribution < 1.29 is 4.79 Å². The zero-order valence-corrected chi connectivity index (χ0v) is 15.2. The molecular formula is C17H26N8O. The first-order valence-corrected chi connectivity index (χ1v) is 9.28. The molecule has 0 bridgehead atoms. The Balaban J connectivity index is 1.27. The molecule has 1 atom stereocenters. The molecule has 140 valence electrons. The van der Waals surface area contributed by atoms with Crippen molar-refractivity contribution in [2.75, 3.05) is 32.7 Å². The molecule has 2 amide bonds. The molecule has 1 aliphatic heterocycles. The van der Waals surface area contributed by atoms with Gasteiger partial charge in [-0.15, -0.1) is 0 Å². The van der Waals surface area contributed by atoms with Gasteiger partial charge in [0.15, 0.2) is 0 Å². The average molecular weight is 358 g/mol. The quantitative estimate of drug-likeness (QED) is 0.812. The number of carbonyl (C=O) groups excluding carboxylic acids is 1. The van der Waals surface area contributed by atoms with Crippen LogP contribution in [0.15, 0.2) is 25.0 Å². The summed E-state index contributed by atoms with van der Waals surface area (Å²) in [5.74, 6) is 1.47. The molecule has 1 saturated heterocycles. The van der Waals surface area contributed by atoms with Gasteiger partial charge in [-0.25, -0.2) is 14.8 Å². The third-order valence-electron chi connectivity index (χ3n) is 5.28. The summed E-state index contributed by atoms with van der Waals surface area (Å²) in [6.07, 6.45) is 9.34. The van der Waals surface area contributed by atoms with Crippen molar-refractivity contribution in [3.8, 4) is 0 Å². The molecule has 26 heavy (non-hydrogen) atoms. The monoisotopic (exact) mass is 358 g/mol. The number of carbonyl (C=O) groups is 1. The Labute approximate surface area is 153 Å². The first kappa shape index (κ1) is 17.0. The summed E-state index contributed by atoms with van der Waals surface area (Å²) in [7, 11) is 1.98. The van der Waals surface area contributed by atoms with Gasteiger partial charge in [0.05, 0.1) is 12.6 Å². The molecule has 1 N–H and O–H groups in total. The van der Waals surface area contributed by atoms with Crippen LogP contribution in [0.2, 0.25) is 0 Å². The zero-order chi connectivity index (χ0) is 17.9. The van der Waals surface area contributed by atoms with Crippen LogP contribution in [-0.4, -0.2) is 72.9 Å². The topological polar surface area (TPSA) is 84.1 Å². The van der Waals surface area contributed by atoms with E-state index in [0.717, 1.165) is 57.9 Å². The van der Waals surface area contributed by atoms with Gasteiger partial charge in [-0.1, -0.05) is 0 Å². The Hall–Kier alpha value is -2.42. The van der Waals surface area contributed by atoms with Crippen LogP contribution in [0.25, 0.3) is 0 Å². The van der Waals surface area contributed by atoms with Crippen LogP contribution in [0.4, 0.5) is 4.79 Å². The second-order valence-corrected chi connectivity index (χ2v) is 7.15. The number of urea groups is 1. The standard InChI is InChI=1S/C17H26N8O/c1-22-5-4-19-16(22)15(14-2-3-14)21-17(26)24-9-6-23(7-10-24)8-11-25-13-18-12-20-25/h4-5,12-15H,2-3,6-11H2,1H3,(H,21,26)/t15-/m0/s1. The molecule has 0 unspecified atom stereocenters. The fourth-order valence-corrected chi connectivity index (χ4v) is 3.49. The maximum Gasteiger partial charge on any atom is 0.318 e. The van der Waals surface area contributed by atoms with Gasteiger partial charge in [-0.05, 0) is 18.8 Å². The second kappa shape index (κ2) is 7.45. The summed E-state index contributed by atoms with van der Waals surface area (Å²) in [5.41, 5.74) is 0. The van der Waals surface area contributed by atoms with Gasteiger partial charge < -0.3 is 14.8 Å². The number of nitrogens with zero attached hydrogens (tertiary/aromatic N) is 7. The predicted molar refractivity (Wildman–Crippen MR) is 95.2 cm³/mol. The maximum absolute atomic E-state index is 12.7. The second-order valence-electron chi connectivity index (χ2n) is 7.15. The molecule has 2 aromatic heterocycles. The Morgan fingerprint density at radius 3 is 2.69 bits per heavy atom. The van der Waals surface area contributed by atoms with E-state index in [4.69, 9.17) is 0 Å². The number of piperazine rings is 1. The van der Waals surface area contributed by atoms with Crippen LogP contribution >= 0.6 is 0 Å². The minimum Gasteiger partial charge on any atom is -0.336 e. The van der Waals surface area contributed by atoms with Gasteiger partial charge in [0.2, 0.25) is 0 Å². The van der Waals surface area contributed by atoms with Crippen LogP contribution in [0.3, 0.4) is 0 Å². The highest BCUT2D eigenvalue weighted by molar-refractivity contribution is 5.74. The molecule has 0 radical (unpaired) electrons. The summed E-state index contributed by atoms with van der Waals surface area (Å²) < 4.78 is 3.84. The summed E-state index contributed by atoms with van der Waals surface area (Å²) in [5, 5.41) is 7.35. The summed E-state index contributed by atoms with van der Waals surface area (Å²) in [6.45, 7) is 5.03. The van der Waals surface area contributed by atoms with E-state index < -0.39 is 0 Å². The van der Waals surface area contributed by atoms with Crippen molar-refractivity contribution in [1.29, 1.82) is 0 Å². The molecule has 2 fully saturated rings. The number of amides is 2.